The van der Waals surface area contributed by atoms with Crippen LogP contribution in [-0.2, 0) is 0 Å². The van der Waals surface area contributed by atoms with Crippen molar-refractivity contribution in [1.82, 2.24) is 4.40 Å². The summed E-state index contributed by atoms with van der Waals surface area (Å²) in [5.41, 5.74) is 8.14. The highest BCUT2D eigenvalue weighted by Gasteiger charge is 2.22. The average molecular weight is 361 g/mol. The van der Waals surface area contributed by atoms with Crippen LogP contribution in [0, 0.1) is 13.8 Å². The van der Waals surface area contributed by atoms with Crippen molar-refractivity contribution >= 4 is 75.9 Å². The van der Waals surface area contributed by atoms with E-state index < -0.39 is 0 Å². The van der Waals surface area contributed by atoms with Gasteiger partial charge in [0.2, 0.25) is 0 Å². The number of nitrogens with zero attached hydrogens (tertiary/aromatic N) is 1. The fourth-order valence-corrected chi connectivity index (χ4v) is 6.41. The highest BCUT2D eigenvalue weighted by atomic mass is 32.1. The summed E-state index contributed by atoms with van der Waals surface area (Å²) in [5, 5.41) is 13.2. The van der Waals surface area contributed by atoms with Gasteiger partial charge in [0.1, 0.15) is 0 Å². The number of anilines is 1. The second kappa shape index (κ2) is 4.45. The first-order valence-corrected chi connectivity index (χ1v) is 10.2. The Balaban J connectivity index is 2.15. The van der Waals surface area contributed by atoms with Gasteiger partial charge in [0.15, 0.2) is 0 Å². The minimum Gasteiger partial charge on any atom is -0.388 e. The van der Waals surface area contributed by atoms with Crippen molar-refractivity contribution < 1.29 is 0 Å². The van der Waals surface area contributed by atoms with Crippen molar-refractivity contribution in [3.63, 3.8) is 0 Å². The van der Waals surface area contributed by atoms with Crippen molar-refractivity contribution in [3.8, 4) is 0 Å². The molecule has 0 unspecified atom stereocenters. The van der Waals surface area contributed by atoms with Crippen LogP contribution in [0.3, 0.4) is 0 Å². The molecule has 1 N–H and O–H groups in total. The maximum absolute atomic E-state index is 3.36. The Morgan fingerprint density at radius 1 is 0.760 bits per heavy atom. The highest BCUT2D eigenvalue weighted by molar-refractivity contribution is 7.19. The summed E-state index contributed by atoms with van der Waals surface area (Å²) >= 11 is 3.71. The monoisotopic (exact) mass is 360 g/mol. The van der Waals surface area contributed by atoms with E-state index in [4.69, 9.17) is 0 Å². The lowest BCUT2D eigenvalue weighted by Gasteiger charge is -2.15. The van der Waals surface area contributed by atoms with Gasteiger partial charge in [0, 0.05) is 34.3 Å². The van der Waals surface area contributed by atoms with Crippen LogP contribution in [0.2, 0.25) is 0 Å². The summed E-state index contributed by atoms with van der Waals surface area (Å²) in [5.74, 6) is 0. The van der Waals surface area contributed by atoms with Gasteiger partial charge in [-0.25, -0.2) is 0 Å². The topological polar surface area (TPSA) is 16.4 Å². The second-order valence-corrected chi connectivity index (χ2v) is 8.61. The zero-order valence-electron chi connectivity index (χ0n) is 14.2. The van der Waals surface area contributed by atoms with Gasteiger partial charge in [0.25, 0.3) is 0 Å². The predicted octanol–water partition coefficient (Wildman–Crippen LogP) is 6.77. The molecule has 0 spiro atoms. The summed E-state index contributed by atoms with van der Waals surface area (Å²) < 4.78 is 5.34. The number of aromatic nitrogens is 1. The molecule has 1 aromatic carbocycles. The summed E-state index contributed by atoms with van der Waals surface area (Å²) in [6, 6.07) is 9.17. The first kappa shape index (κ1) is 13.9. The Kier molecular flexibility index (Phi) is 2.48. The number of pyridine rings is 2. The lowest BCUT2D eigenvalue weighted by atomic mass is 10.0. The van der Waals surface area contributed by atoms with Gasteiger partial charge in [-0.2, -0.15) is 0 Å². The predicted molar refractivity (Wildman–Crippen MR) is 113 cm³/mol. The quantitative estimate of drug-likeness (QED) is 0.342. The first-order valence-electron chi connectivity index (χ1n) is 8.45. The standard InChI is InChI=1S/C21H16N2S2/c1-10-11(2)18-21-14(5-7-25-21)16-9-12(22-3)8-15-13-4-6-24-20(13)17(10)23(18)19(15)16/h4-9,22H,1-3H3. The summed E-state index contributed by atoms with van der Waals surface area (Å²) in [6.07, 6.45) is 0. The lowest BCUT2D eigenvalue weighted by molar-refractivity contribution is 1.35. The van der Waals surface area contributed by atoms with Gasteiger partial charge >= 0.3 is 0 Å². The Hall–Kier alpha value is -2.30. The van der Waals surface area contributed by atoms with E-state index in [1.807, 2.05) is 29.7 Å². The van der Waals surface area contributed by atoms with Crippen molar-refractivity contribution in [3.05, 3.63) is 46.2 Å². The largest absolute Gasteiger partial charge is 0.388 e. The highest BCUT2D eigenvalue weighted by Crippen LogP contribution is 2.46. The van der Waals surface area contributed by atoms with Gasteiger partial charge in [-0.3, -0.25) is 0 Å². The second-order valence-electron chi connectivity index (χ2n) is 6.78. The number of thiophene rings is 2. The molecule has 25 heavy (non-hydrogen) atoms. The molecule has 2 nitrogen and oxygen atoms in total. The smallest absolute Gasteiger partial charge is 0.0673 e. The van der Waals surface area contributed by atoms with E-state index in [9.17, 15) is 0 Å². The van der Waals surface area contributed by atoms with E-state index in [1.165, 1.54) is 64.3 Å². The molecule has 0 aliphatic heterocycles. The molecule has 6 rings (SSSR count). The van der Waals surface area contributed by atoms with E-state index >= 15 is 0 Å². The molecule has 0 aliphatic carbocycles. The molecule has 6 aromatic rings. The fourth-order valence-electron chi connectivity index (χ4n) is 4.41. The summed E-state index contributed by atoms with van der Waals surface area (Å²) in [4.78, 5) is 0. The number of fused-ring (bicyclic) bond motifs is 6. The molecule has 0 atom stereocenters. The third kappa shape index (κ3) is 1.47. The number of nitrogens with one attached hydrogen (secondary N) is 1. The SMILES string of the molecule is CNc1cc2c3ccsc3c3c(C)c(C)c4c5sccc5c(c1)c2n34. The van der Waals surface area contributed by atoms with Crippen molar-refractivity contribution in [2.75, 3.05) is 12.4 Å². The van der Waals surface area contributed by atoms with Crippen LogP contribution in [0.15, 0.2) is 35.0 Å². The van der Waals surface area contributed by atoms with E-state index in [2.05, 4.69) is 58.6 Å². The number of benzene rings is 1. The molecule has 0 aliphatic rings. The molecule has 5 aromatic heterocycles. The molecule has 0 saturated heterocycles. The van der Waals surface area contributed by atoms with Gasteiger partial charge in [-0.1, -0.05) is 0 Å². The van der Waals surface area contributed by atoms with E-state index in [1.54, 1.807) is 0 Å². The van der Waals surface area contributed by atoms with E-state index in [-0.39, 0.29) is 0 Å². The fraction of sp³-hybridized carbons (Fsp3) is 0.143. The summed E-state index contributed by atoms with van der Waals surface area (Å²) in [6.45, 7) is 4.55. The molecule has 0 radical (unpaired) electrons. The van der Waals surface area contributed by atoms with Crippen LogP contribution in [0.25, 0.3) is 47.5 Å². The molecule has 122 valence electrons. The van der Waals surface area contributed by atoms with Crippen LogP contribution in [0.4, 0.5) is 5.69 Å². The normalized spacial score (nSPS) is 12.6. The maximum atomic E-state index is 3.36. The van der Waals surface area contributed by atoms with Crippen molar-refractivity contribution in [1.29, 1.82) is 0 Å². The minimum atomic E-state index is 1.18. The molecule has 5 heterocycles. The molecular formula is C21H16N2S2. The van der Waals surface area contributed by atoms with Crippen LogP contribution in [0.1, 0.15) is 11.1 Å². The third-order valence-electron chi connectivity index (χ3n) is 5.68. The Bertz CT molecular complexity index is 1340. The van der Waals surface area contributed by atoms with Gasteiger partial charge in [-0.05, 0) is 60.0 Å². The third-order valence-corrected chi connectivity index (χ3v) is 7.53. The van der Waals surface area contributed by atoms with Crippen molar-refractivity contribution in [2.24, 2.45) is 0 Å². The van der Waals surface area contributed by atoms with Gasteiger partial charge in [0.05, 0.1) is 25.9 Å². The van der Waals surface area contributed by atoms with Crippen LogP contribution in [-0.4, -0.2) is 11.4 Å². The Morgan fingerprint density at radius 3 is 1.76 bits per heavy atom. The number of hydrogen-bond acceptors (Lipinski definition) is 3. The van der Waals surface area contributed by atoms with Crippen molar-refractivity contribution in [2.45, 2.75) is 13.8 Å². The number of hydrogen-bond donors (Lipinski definition) is 1. The minimum absolute atomic E-state index is 1.18. The molecular weight excluding hydrogens is 344 g/mol. The van der Waals surface area contributed by atoms with Gasteiger partial charge < -0.3 is 9.72 Å². The van der Waals surface area contributed by atoms with Crippen LogP contribution < -0.4 is 5.32 Å². The summed E-state index contributed by atoms with van der Waals surface area (Å²) in [7, 11) is 2.00. The molecule has 0 bridgehead atoms. The number of rotatable bonds is 1. The Morgan fingerprint density at radius 2 is 1.28 bits per heavy atom. The maximum Gasteiger partial charge on any atom is 0.0673 e. The molecule has 4 heteroatoms. The Labute approximate surface area is 152 Å². The average Bonchev–Trinajstić information content (AvgIpc) is 3.33. The molecule has 0 fully saturated rings. The number of aryl methyl sites for hydroxylation is 2. The van der Waals surface area contributed by atoms with Crippen LogP contribution >= 0.6 is 22.7 Å². The zero-order valence-corrected chi connectivity index (χ0v) is 15.9. The van der Waals surface area contributed by atoms with E-state index in [0.717, 1.165) is 0 Å². The van der Waals surface area contributed by atoms with E-state index in [0.29, 0.717) is 0 Å². The lowest BCUT2D eigenvalue weighted by Crippen LogP contribution is -1.96. The van der Waals surface area contributed by atoms with Crippen LogP contribution in [0.5, 0.6) is 0 Å². The molecule has 0 saturated carbocycles. The molecule has 0 amide bonds. The first-order chi connectivity index (χ1) is 12.2. The zero-order chi connectivity index (χ0) is 16.9. The van der Waals surface area contributed by atoms with Gasteiger partial charge in [-0.15, -0.1) is 22.7 Å².